The fourth-order valence-electron chi connectivity index (χ4n) is 5.79. The van der Waals surface area contributed by atoms with Gasteiger partial charge in [0.25, 0.3) is 0 Å². The molecule has 4 rings (SSSR count). The highest BCUT2D eigenvalue weighted by atomic mass is 16.6. The molecule has 0 aliphatic carbocycles. The van der Waals surface area contributed by atoms with Crippen LogP contribution in [0.1, 0.15) is 87.2 Å². The highest BCUT2D eigenvalue weighted by Gasteiger charge is 2.28. The van der Waals surface area contributed by atoms with E-state index < -0.39 is 47.6 Å². The number of hydrogen-bond donors (Lipinski definition) is 3. The van der Waals surface area contributed by atoms with E-state index in [-0.39, 0.29) is 24.8 Å². The average molecular weight is 823 g/mol. The van der Waals surface area contributed by atoms with Gasteiger partial charge in [0, 0.05) is 11.0 Å². The van der Waals surface area contributed by atoms with Crippen LogP contribution in [0.3, 0.4) is 0 Å². The van der Waals surface area contributed by atoms with Gasteiger partial charge in [-0.25, -0.2) is 9.59 Å². The second-order valence-electron chi connectivity index (χ2n) is 16.0. The Kier molecular flexibility index (Phi) is 18.6. The molecule has 0 bridgehead atoms. The molecule has 0 fully saturated rings. The van der Waals surface area contributed by atoms with Crippen LogP contribution in [0, 0.1) is 0 Å². The van der Waals surface area contributed by atoms with E-state index in [1.54, 1.807) is 90.1 Å². The van der Waals surface area contributed by atoms with Crippen LogP contribution in [0.2, 0.25) is 0 Å². The number of nitrogens with two attached hydrogens (primary N) is 1. The Morgan fingerprint density at radius 2 is 1.00 bits per heavy atom. The summed E-state index contributed by atoms with van der Waals surface area (Å²) < 4.78 is 22.4. The molecule has 4 aromatic carbocycles. The van der Waals surface area contributed by atoms with E-state index in [0.29, 0.717) is 35.5 Å². The minimum absolute atomic E-state index is 0.0261. The second kappa shape index (κ2) is 23.3. The zero-order chi connectivity index (χ0) is 44.3. The number of Topliss-reactive ketones (excluding diaryl/α,β-unsaturated/α-hetero) is 2. The van der Waals surface area contributed by atoms with Gasteiger partial charge in [0.15, 0.2) is 11.6 Å². The van der Waals surface area contributed by atoms with Gasteiger partial charge in [-0.05, 0) is 109 Å². The van der Waals surface area contributed by atoms with Gasteiger partial charge in [0.05, 0.1) is 35.9 Å². The van der Waals surface area contributed by atoms with Gasteiger partial charge in [-0.3, -0.25) is 9.59 Å². The van der Waals surface area contributed by atoms with E-state index in [2.05, 4.69) is 20.7 Å². The number of nitrogens with zero attached hydrogens (tertiary/aromatic N) is 3. The van der Waals surface area contributed by atoms with Crippen molar-refractivity contribution in [2.75, 3.05) is 13.2 Å². The quantitative estimate of drug-likeness (QED) is 0.0402. The lowest BCUT2D eigenvalue weighted by Crippen LogP contribution is -2.52. The van der Waals surface area contributed by atoms with Gasteiger partial charge < -0.3 is 35.3 Å². The highest BCUT2D eigenvalue weighted by Crippen LogP contribution is 2.21. The number of ether oxygens (including phenoxy) is 4. The summed E-state index contributed by atoms with van der Waals surface area (Å²) in [7, 11) is 0. The number of alkyl carbamates (subject to hydrolysis) is 2. The lowest BCUT2D eigenvalue weighted by Gasteiger charge is -2.27. The summed E-state index contributed by atoms with van der Waals surface area (Å²) in [6.45, 7) is 13.8. The number of nitrogens with one attached hydrogen (secondary N) is 2. The summed E-state index contributed by atoms with van der Waals surface area (Å²) in [6, 6.07) is 30.9. The monoisotopic (exact) mass is 822 g/mol. The number of rotatable bonds is 17. The summed E-state index contributed by atoms with van der Waals surface area (Å²) in [5.74, 6) is 0.653. The summed E-state index contributed by atoms with van der Waals surface area (Å²) in [5.41, 5.74) is 17.1. The molecule has 320 valence electrons. The first-order valence-corrected chi connectivity index (χ1v) is 19.7. The predicted molar refractivity (Wildman–Crippen MR) is 231 cm³/mol. The van der Waals surface area contributed by atoms with Crippen molar-refractivity contribution >= 4 is 23.8 Å². The van der Waals surface area contributed by atoms with Gasteiger partial charge in [-0.1, -0.05) is 90.0 Å². The molecule has 0 saturated heterocycles. The normalized spacial score (nSPS) is 13.0. The number of carbonyl (C=O) groups is 4. The molecule has 0 aliphatic heterocycles. The Morgan fingerprint density at radius 1 is 0.617 bits per heavy atom. The van der Waals surface area contributed by atoms with E-state index in [1.165, 1.54) is 13.8 Å². The van der Waals surface area contributed by atoms with Crippen LogP contribution in [-0.4, -0.2) is 72.3 Å². The Hall–Kier alpha value is -6.37. The maximum Gasteiger partial charge on any atom is 0.407 e. The maximum absolute atomic E-state index is 12.4. The SMILES string of the molecule is CC(=O)c1ccccc1OC[C@@H](N)[C@H](Cc1ccccc1)NC(=O)OC(C)(C)C.CC(=O)c1ccccc1OC[C@@H](N=[N+]=[N-])[C@H](Cc1ccccc1)NC(=O)OC(C)(C)C. The van der Waals surface area contributed by atoms with E-state index in [1.807, 2.05) is 60.7 Å². The van der Waals surface area contributed by atoms with Gasteiger partial charge >= 0.3 is 12.2 Å². The Morgan fingerprint density at radius 3 is 1.42 bits per heavy atom. The van der Waals surface area contributed by atoms with Crippen molar-refractivity contribution in [1.29, 1.82) is 0 Å². The fourth-order valence-corrected chi connectivity index (χ4v) is 5.79. The predicted octanol–water partition coefficient (Wildman–Crippen LogP) is 8.81. The van der Waals surface area contributed by atoms with E-state index in [9.17, 15) is 19.2 Å². The van der Waals surface area contributed by atoms with Gasteiger partial charge in [-0.15, -0.1) is 0 Å². The molecule has 0 radical (unpaired) electrons. The summed E-state index contributed by atoms with van der Waals surface area (Å²) in [4.78, 5) is 51.3. The third kappa shape index (κ3) is 17.6. The molecular weight excluding hydrogens is 765 g/mol. The number of para-hydroxylation sites is 2. The van der Waals surface area contributed by atoms with Crippen LogP contribution in [0.25, 0.3) is 10.4 Å². The van der Waals surface area contributed by atoms with E-state index in [0.717, 1.165) is 11.1 Å². The van der Waals surface area contributed by atoms with Crippen molar-refractivity contribution in [3.05, 3.63) is 142 Å². The van der Waals surface area contributed by atoms with E-state index in [4.69, 9.17) is 30.2 Å². The Labute approximate surface area is 352 Å². The molecule has 60 heavy (non-hydrogen) atoms. The standard InChI is InChI=1S/C23H28N4O4.C23H30N2O4/c1-16(28)18-12-8-9-13-21(18)30-15-20(26-27-24)19(14-17-10-6-5-7-11-17)25-22(29)31-23(2,3)4;1-16(26)18-12-8-9-13-21(18)28-15-19(24)20(14-17-10-6-5-7-11-17)25-22(27)29-23(2,3)4/h5-13,19-20H,14-15H2,1-4H3,(H,25,29);5-13,19-20H,14-15,24H2,1-4H3,(H,25,27)/t2*19-,20+/m01/s1. The van der Waals surface area contributed by atoms with Crippen molar-refractivity contribution in [2.24, 2.45) is 10.8 Å². The molecule has 4 atom stereocenters. The number of azide groups is 1. The minimum Gasteiger partial charge on any atom is -0.492 e. The third-order valence-electron chi connectivity index (χ3n) is 8.56. The largest absolute Gasteiger partial charge is 0.492 e. The summed E-state index contributed by atoms with van der Waals surface area (Å²) in [6.07, 6.45) is -0.214. The average Bonchev–Trinajstić information content (AvgIpc) is 3.18. The molecule has 0 spiro atoms. The Bertz CT molecular complexity index is 2040. The van der Waals surface area contributed by atoms with Crippen molar-refractivity contribution in [3.8, 4) is 11.5 Å². The molecule has 0 heterocycles. The number of hydrogen-bond acceptors (Lipinski definition) is 10. The van der Waals surface area contributed by atoms with Gasteiger partial charge in [0.1, 0.15) is 29.3 Å². The van der Waals surface area contributed by atoms with Crippen LogP contribution in [-0.2, 0) is 22.3 Å². The maximum atomic E-state index is 12.4. The first-order valence-electron chi connectivity index (χ1n) is 19.7. The zero-order valence-corrected chi connectivity index (χ0v) is 35.7. The number of carbonyl (C=O) groups excluding carboxylic acids is 4. The first kappa shape index (κ1) is 48.0. The third-order valence-corrected chi connectivity index (χ3v) is 8.56. The molecule has 2 amide bonds. The van der Waals surface area contributed by atoms with Crippen LogP contribution in [0.5, 0.6) is 11.5 Å². The zero-order valence-electron chi connectivity index (χ0n) is 35.7. The molecule has 0 unspecified atom stereocenters. The van der Waals surface area contributed by atoms with Crippen LogP contribution < -0.4 is 25.8 Å². The topological polar surface area (TPSA) is 204 Å². The molecule has 0 aromatic heterocycles. The van der Waals surface area contributed by atoms with Crippen LogP contribution in [0.15, 0.2) is 114 Å². The van der Waals surface area contributed by atoms with E-state index >= 15 is 0 Å². The highest BCUT2D eigenvalue weighted by molar-refractivity contribution is 5.97. The summed E-state index contributed by atoms with van der Waals surface area (Å²) in [5, 5.41) is 9.53. The van der Waals surface area contributed by atoms with Gasteiger partial charge in [-0.2, -0.15) is 0 Å². The number of benzene rings is 4. The lowest BCUT2D eigenvalue weighted by molar-refractivity contribution is 0.0479. The molecule has 4 N–H and O–H groups in total. The van der Waals surface area contributed by atoms with Crippen molar-refractivity contribution in [3.63, 3.8) is 0 Å². The smallest absolute Gasteiger partial charge is 0.407 e. The second-order valence-corrected chi connectivity index (χ2v) is 16.0. The lowest BCUT2D eigenvalue weighted by atomic mass is 10.0. The minimum atomic E-state index is -0.738. The number of amides is 2. The van der Waals surface area contributed by atoms with Crippen LogP contribution >= 0.6 is 0 Å². The molecule has 14 heteroatoms. The van der Waals surface area contributed by atoms with Crippen LogP contribution in [0.4, 0.5) is 9.59 Å². The summed E-state index contributed by atoms with van der Waals surface area (Å²) >= 11 is 0. The van der Waals surface area contributed by atoms with Gasteiger partial charge in [0.2, 0.25) is 0 Å². The van der Waals surface area contributed by atoms with Crippen molar-refractivity contribution < 1.29 is 38.1 Å². The molecule has 4 aromatic rings. The molecule has 0 aliphatic rings. The number of ketones is 2. The fraction of sp³-hybridized carbons (Fsp3) is 0.391. The Balaban J connectivity index is 0.000000321. The van der Waals surface area contributed by atoms with Crippen molar-refractivity contribution in [2.45, 2.75) is 104 Å². The first-order chi connectivity index (χ1) is 28.3. The molecule has 14 nitrogen and oxygen atoms in total. The molecular formula is C46H58N6O8. The molecule has 0 saturated carbocycles. The van der Waals surface area contributed by atoms with Crippen molar-refractivity contribution in [1.82, 2.24) is 10.6 Å².